The zero-order valence-corrected chi connectivity index (χ0v) is 22.7. The van der Waals surface area contributed by atoms with Crippen molar-refractivity contribution in [2.45, 2.75) is 78.3 Å². The third-order valence-corrected chi connectivity index (χ3v) is 6.91. The van der Waals surface area contributed by atoms with Crippen molar-refractivity contribution in [1.29, 1.82) is 5.26 Å². The lowest BCUT2D eigenvalue weighted by Crippen LogP contribution is -2.54. The van der Waals surface area contributed by atoms with Crippen molar-refractivity contribution in [3.8, 4) is 11.8 Å². The van der Waals surface area contributed by atoms with Gasteiger partial charge in [-0.3, -0.25) is 20.0 Å². The van der Waals surface area contributed by atoms with Gasteiger partial charge in [-0.05, 0) is 68.9 Å². The number of aromatic nitrogens is 4. The number of hydrogen-bond acceptors (Lipinski definition) is 7. The molecule has 1 fully saturated rings. The van der Waals surface area contributed by atoms with Gasteiger partial charge in [-0.15, -0.1) is 5.10 Å². The lowest BCUT2D eigenvalue weighted by Gasteiger charge is -2.38. The van der Waals surface area contributed by atoms with E-state index in [9.17, 15) is 14.9 Å². The molecule has 198 valence electrons. The SMILES string of the molecule is Cc1ncc(NC(=O)c2cc(C#N)cc(C(C)(C)C)c2)cc1-n1cc(C(=O)NN2C(C)CCCC2C)nn1. The van der Waals surface area contributed by atoms with Crippen LogP contribution in [0.2, 0.25) is 0 Å². The number of amides is 2. The summed E-state index contributed by atoms with van der Waals surface area (Å²) in [5.41, 5.74) is 6.33. The third kappa shape index (κ3) is 5.89. The Hall–Kier alpha value is -4.10. The maximum atomic E-state index is 13.1. The number of hydrogen-bond donors (Lipinski definition) is 2. The highest BCUT2D eigenvalue weighted by Gasteiger charge is 2.27. The predicted molar refractivity (Wildman–Crippen MR) is 144 cm³/mol. The van der Waals surface area contributed by atoms with Gasteiger partial charge in [0.2, 0.25) is 0 Å². The minimum atomic E-state index is -0.354. The minimum absolute atomic E-state index is 0.187. The summed E-state index contributed by atoms with van der Waals surface area (Å²) in [5, 5.41) is 22.5. The fourth-order valence-electron chi connectivity index (χ4n) is 4.58. The Balaban J connectivity index is 1.53. The quantitative estimate of drug-likeness (QED) is 0.519. The van der Waals surface area contributed by atoms with Crippen LogP contribution in [-0.2, 0) is 5.41 Å². The van der Waals surface area contributed by atoms with Crippen molar-refractivity contribution in [3.05, 3.63) is 64.7 Å². The van der Waals surface area contributed by atoms with E-state index in [2.05, 4.69) is 46.0 Å². The Morgan fingerprint density at radius 3 is 2.45 bits per heavy atom. The first-order valence-corrected chi connectivity index (χ1v) is 12.8. The normalized spacial score (nSPS) is 18.0. The van der Waals surface area contributed by atoms with E-state index in [1.807, 2.05) is 32.7 Å². The van der Waals surface area contributed by atoms with E-state index >= 15 is 0 Å². The number of hydrazine groups is 1. The molecule has 1 aromatic carbocycles. The molecular weight excluding hydrogens is 480 g/mol. The van der Waals surface area contributed by atoms with Crippen LogP contribution in [0.1, 0.15) is 91.5 Å². The van der Waals surface area contributed by atoms with E-state index in [-0.39, 0.29) is 35.0 Å². The van der Waals surface area contributed by atoms with Gasteiger partial charge in [0.15, 0.2) is 5.69 Å². The molecule has 0 bridgehead atoms. The molecule has 1 aliphatic heterocycles. The Morgan fingerprint density at radius 1 is 1.08 bits per heavy atom. The Morgan fingerprint density at radius 2 is 1.79 bits per heavy atom. The average molecular weight is 515 g/mol. The fourth-order valence-corrected chi connectivity index (χ4v) is 4.58. The van der Waals surface area contributed by atoms with Crippen LogP contribution in [0.3, 0.4) is 0 Å². The predicted octanol–water partition coefficient (Wildman–Crippen LogP) is 4.30. The minimum Gasteiger partial charge on any atom is -0.321 e. The third-order valence-electron chi connectivity index (χ3n) is 6.91. The number of nitrogens with one attached hydrogen (secondary N) is 2. The van der Waals surface area contributed by atoms with E-state index in [0.717, 1.165) is 24.8 Å². The Kier molecular flexibility index (Phi) is 7.60. The summed E-state index contributed by atoms with van der Waals surface area (Å²) in [7, 11) is 0. The van der Waals surface area contributed by atoms with E-state index in [1.54, 1.807) is 36.7 Å². The number of benzene rings is 1. The van der Waals surface area contributed by atoms with Gasteiger partial charge in [0, 0.05) is 17.6 Å². The number of carbonyl (C=O) groups is 2. The molecule has 10 heteroatoms. The maximum Gasteiger partial charge on any atom is 0.287 e. The van der Waals surface area contributed by atoms with Crippen molar-refractivity contribution in [1.82, 2.24) is 30.4 Å². The van der Waals surface area contributed by atoms with Gasteiger partial charge < -0.3 is 5.32 Å². The number of nitrogens with zero attached hydrogens (tertiary/aromatic N) is 6. The topological polar surface area (TPSA) is 129 Å². The molecule has 0 aliphatic carbocycles. The molecule has 2 amide bonds. The van der Waals surface area contributed by atoms with Crippen molar-refractivity contribution in [2.24, 2.45) is 0 Å². The van der Waals surface area contributed by atoms with Gasteiger partial charge in [0.05, 0.1) is 41.1 Å². The smallest absolute Gasteiger partial charge is 0.287 e. The number of carbonyl (C=O) groups excluding carboxylic acids is 2. The first kappa shape index (κ1) is 26.9. The van der Waals surface area contributed by atoms with E-state index in [0.29, 0.717) is 28.2 Å². The highest BCUT2D eigenvalue weighted by molar-refractivity contribution is 6.04. The molecule has 1 aliphatic rings. The highest BCUT2D eigenvalue weighted by atomic mass is 16.2. The van der Waals surface area contributed by atoms with Gasteiger partial charge in [0.25, 0.3) is 11.8 Å². The first-order valence-electron chi connectivity index (χ1n) is 12.8. The molecule has 0 spiro atoms. The standard InChI is InChI=1S/C28H34N8O2/c1-17-8-7-9-18(2)36(17)33-27(38)24-16-35(34-32-24)25-13-23(15-30-19(25)3)31-26(37)21-10-20(14-29)11-22(12-21)28(4,5)6/h10-13,15-18H,7-9H2,1-6H3,(H,31,37)(H,33,38). The van der Waals surface area contributed by atoms with Crippen LogP contribution in [0.5, 0.6) is 0 Å². The Labute approximate surface area is 223 Å². The van der Waals surface area contributed by atoms with Gasteiger partial charge in [-0.2, -0.15) is 5.26 Å². The van der Waals surface area contributed by atoms with Crippen LogP contribution in [-0.4, -0.2) is 48.9 Å². The second-order valence-electron chi connectivity index (χ2n) is 11.0. The van der Waals surface area contributed by atoms with Crippen LogP contribution in [0.25, 0.3) is 5.69 Å². The van der Waals surface area contributed by atoms with E-state index in [4.69, 9.17) is 0 Å². The molecule has 2 aromatic heterocycles. The zero-order chi connectivity index (χ0) is 27.6. The molecule has 2 atom stereocenters. The van der Waals surface area contributed by atoms with Crippen LogP contribution >= 0.6 is 0 Å². The summed E-state index contributed by atoms with van der Waals surface area (Å²) >= 11 is 0. The van der Waals surface area contributed by atoms with Gasteiger partial charge >= 0.3 is 0 Å². The van der Waals surface area contributed by atoms with Crippen molar-refractivity contribution in [2.75, 3.05) is 5.32 Å². The number of piperidine rings is 1. The molecule has 0 radical (unpaired) electrons. The van der Waals surface area contributed by atoms with Gasteiger partial charge in [0.1, 0.15) is 0 Å². The molecule has 3 aromatic rings. The largest absolute Gasteiger partial charge is 0.321 e. The average Bonchev–Trinajstić information content (AvgIpc) is 3.37. The Bertz CT molecular complexity index is 1390. The monoisotopic (exact) mass is 514 g/mol. The number of aryl methyl sites for hydroxylation is 1. The molecule has 2 unspecified atom stereocenters. The summed E-state index contributed by atoms with van der Waals surface area (Å²) in [6, 6.07) is 9.52. The molecule has 0 saturated carbocycles. The maximum absolute atomic E-state index is 13.1. The van der Waals surface area contributed by atoms with Crippen LogP contribution in [0.4, 0.5) is 5.69 Å². The molecule has 38 heavy (non-hydrogen) atoms. The van der Waals surface area contributed by atoms with Crippen LogP contribution in [0.15, 0.2) is 36.7 Å². The van der Waals surface area contributed by atoms with E-state index < -0.39 is 0 Å². The molecule has 3 heterocycles. The summed E-state index contributed by atoms with van der Waals surface area (Å²) < 4.78 is 1.48. The summed E-state index contributed by atoms with van der Waals surface area (Å²) in [6.45, 7) is 12.1. The molecular formula is C28H34N8O2. The zero-order valence-electron chi connectivity index (χ0n) is 22.7. The highest BCUT2D eigenvalue weighted by Crippen LogP contribution is 2.25. The molecule has 10 nitrogen and oxygen atoms in total. The lowest BCUT2D eigenvalue weighted by atomic mass is 9.85. The lowest BCUT2D eigenvalue weighted by molar-refractivity contribution is 0.0366. The number of rotatable bonds is 5. The number of pyridine rings is 1. The van der Waals surface area contributed by atoms with Crippen molar-refractivity contribution >= 4 is 17.5 Å². The summed E-state index contributed by atoms with van der Waals surface area (Å²) in [4.78, 5) is 30.4. The van der Waals surface area contributed by atoms with E-state index in [1.165, 1.54) is 4.68 Å². The molecule has 1 saturated heterocycles. The van der Waals surface area contributed by atoms with Gasteiger partial charge in [-0.25, -0.2) is 9.69 Å². The molecule has 2 N–H and O–H groups in total. The summed E-state index contributed by atoms with van der Waals surface area (Å²) in [6.07, 6.45) is 6.30. The van der Waals surface area contributed by atoms with Gasteiger partial charge in [-0.1, -0.05) is 32.4 Å². The fraction of sp³-hybridized carbons (Fsp3) is 0.429. The second kappa shape index (κ2) is 10.7. The summed E-state index contributed by atoms with van der Waals surface area (Å²) in [5.74, 6) is -0.674. The van der Waals surface area contributed by atoms with Crippen molar-refractivity contribution in [3.63, 3.8) is 0 Å². The van der Waals surface area contributed by atoms with Crippen LogP contribution in [0, 0.1) is 18.3 Å². The number of anilines is 1. The first-order chi connectivity index (χ1) is 18.0. The number of nitriles is 1. The molecule has 4 rings (SSSR count). The van der Waals surface area contributed by atoms with Crippen molar-refractivity contribution < 1.29 is 9.59 Å². The van der Waals surface area contributed by atoms with Crippen LogP contribution < -0.4 is 10.7 Å². The second-order valence-corrected chi connectivity index (χ2v) is 11.0.